The summed E-state index contributed by atoms with van der Waals surface area (Å²) in [6.45, 7) is 0. The van der Waals surface area contributed by atoms with Gasteiger partial charge in [0.05, 0.1) is 18.8 Å². The second-order valence-electron chi connectivity index (χ2n) is 2.31. The molecule has 1 unspecified atom stereocenters. The van der Waals surface area contributed by atoms with Gasteiger partial charge in [-0.3, -0.25) is 0 Å². The molecule has 11 heavy (non-hydrogen) atoms. The Hall–Kier alpha value is -1.09. The van der Waals surface area contributed by atoms with E-state index in [1.807, 2.05) is 0 Å². The van der Waals surface area contributed by atoms with Gasteiger partial charge in [-0.05, 0) is 12.5 Å². The highest BCUT2D eigenvalue weighted by Crippen LogP contribution is 2.10. The van der Waals surface area contributed by atoms with Gasteiger partial charge < -0.3 is 9.84 Å². The zero-order chi connectivity index (χ0) is 8.27. The summed E-state index contributed by atoms with van der Waals surface area (Å²) in [5.41, 5.74) is 0.512. The van der Waals surface area contributed by atoms with E-state index in [1.165, 1.54) is 7.11 Å². The normalized spacial score (nSPS) is 22.7. The van der Waals surface area contributed by atoms with Crippen LogP contribution in [0.2, 0.25) is 0 Å². The predicted octanol–water partition coefficient (Wildman–Crippen LogP) is 0.407. The number of hydrogen-bond acceptors (Lipinski definition) is 3. The summed E-state index contributed by atoms with van der Waals surface area (Å²) in [6.07, 6.45) is 4.84. The molecule has 0 amide bonds. The highest BCUT2D eigenvalue weighted by Gasteiger charge is 2.10. The first-order valence-electron chi connectivity index (χ1n) is 3.39. The summed E-state index contributed by atoms with van der Waals surface area (Å²) in [4.78, 5) is 10.9. The number of methoxy groups -OCH3 is 1. The monoisotopic (exact) mass is 154 g/mol. The quantitative estimate of drug-likeness (QED) is 0.556. The molecule has 0 spiro atoms. The van der Waals surface area contributed by atoms with Gasteiger partial charge >= 0.3 is 5.97 Å². The first-order valence-corrected chi connectivity index (χ1v) is 3.39. The van der Waals surface area contributed by atoms with Crippen molar-refractivity contribution >= 4 is 5.97 Å². The van der Waals surface area contributed by atoms with Crippen LogP contribution in [0.15, 0.2) is 23.8 Å². The van der Waals surface area contributed by atoms with Crippen LogP contribution in [0.25, 0.3) is 0 Å². The van der Waals surface area contributed by atoms with E-state index >= 15 is 0 Å². The van der Waals surface area contributed by atoms with Crippen molar-refractivity contribution in [2.75, 3.05) is 7.11 Å². The zero-order valence-electron chi connectivity index (χ0n) is 6.28. The van der Waals surface area contributed by atoms with Crippen molar-refractivity contribution in [2.45, 2.75) is 12.5 Å². The second kappa shape index (κ2) is 3.34. The largest absolute Gasteiger partial charge is 0.465 e. The number of carbonyl (C=O) groups is 1. The minimum absolute atomic E-state index is 0.354. The van der Waals surface area contributed by atoms with Crippen molar-refractivity contribution in [3.63, 3.8) is 0 Å². The molecular weight excluding hydrogens is 144 g/mol. The maximum absolute atomic E-state index is 10.9. The van der Waals surface area contributed by atoms with Gasteiger partial charge in [0.1, 0.15) is 0 Å². The van der Waals surface area contributed by atoms with Crippen LogP contribution >= 0.6 is 0 Å². The van der Waals surface area contributed by atoms with Crippen molar-refractivity contribution in [3.8, 4) is 0 Å². The third-order valence-electron chi connectivity index (χ3n) is 1.50. The van der Waals surface area contributed by atoms with E-state index in [0.717, 1.165) is 0 Å². The molecule has 1 N–H and O–H groups in total. The van der Waals surface area contributed by atoms with Crippen LogP contribution in [0.5, 0.6) is 0 Å². The molecule has 0 fully saturated rings. The van der Waals surface area contributed by atoms with Gasteiger partial charge in [-0.1, -0.05) is 12.2 Å². The lowest BCUT2D eigenvalue weighted by Gasteiger charge is -2.08. The third-order valence-corrected chi connectivity index (χ3v) is 1.50. The van der Waals surface area contributed by atoms with Crippen LogP contribution in [-0.2, 0) is 9.53 Å². The van der Waals surface area contributed by atoms with Crippen LogP contribution < -0.4 is 0 Å². The first-order chi connectivity index (χ1) is 5.24. The second-order valence-corrected chi connectivity index (χ2v) is 2.31. The number of aliphatic hydroxyl groups excluding tert-OH is 1. The van der Waals surface area contributed by atoms with Crippen LogP contribution in [0.1, 0.15) is 6.42 Å². The van der Waals surface area contributed by atoms with Gasteiger partial charge in [0, 0.05) is 0 Å². The Bertz CT molecular complexity index is 215. The van der Waals surface area contributed by atoms with Gasteiger partial charge in [-0.2, -0.15) is 0 Å². The molecule has 0 heterocycles. The van der Waals surface area contributed by atoms with Crippen molar-refractivity contribution in [1.82, 2.24) is 0 Å². The maximum Gasteiger partial charge on any atom is 0.337 e. The van der Waals surface area contributed by atoms with Crippen LogP contribution in [0, 0.1) is 0 Å². The number of ether oxygens (including phenoxy) is 1. The van der Waals surface area contributed by atoms with E-state index < -0.39 is 6.10 Å². The average Bonchev–Trinajstić information content (AvgIpc) is 2.05. The highest BCUT2D eigenvalue weighted by molar-refractivity contribution is 5.91. The summed E-state index contributed by atoms with van der Waals surface area (Å²) >= 11 is 0. The predicted molar refractivity (Wildman–Crippen MR) is 39.9 cm³/mol. The lowest BCUT2D eigenvalue weighted by atomic mass is 10.1. The number of aliphatic hydroxyl groups is 1. The Morgan fingerprint density at radius 2 is 2.55 bits per heavy atom. The molecule has 3 nitrogen and oxygen atoms in total. The van der Waals surface area contributed by atoms with E-state index in [-0.39, 0.29) is 5.97 Å². The zero-order valence-corrected chi connectivity index (χ0v) is 6.28. The maximum atomic E-state index is 10.9. The van der Waals surface area contributed by atoms with E-state index in [4.69, 9.17) is 5.11 Å². The third kappa shape index (κ3) is 1.91. The summed E-state index contributed by atoms with van der Waals surface area (Å²) in [7, 11) is 1.34. The molecule has 0 saturated heterocycles. The minimum Gasteiger partial charge on any atom is -0.465 e. The van der Waals surface area contributed by atoms with E-state index in [1.54, 1.807) is 18.2 Å². The van der Waals surface area contributed by atoms with E-state index in [2.05, 4.69) is 4.74 Å². The summed E-state index contributed by atoms with van der Waals surface area (Å²) in [6, 6.07) is 0. The molecule has 0 aliphatic heterocycles. The minimum atomic E-state index is -0.455. The van der Waals surface area contributed by atoms with Crippen LogP contribution in [0.4, 0.5) is 0 Å². The topological polar surface area (TPSA) is 46.5 Å². The summed E-state index contributed by atoms with van der Waals surface area (Å²) in [5, 5.41) is 9.00. The Morgan fingerprint density at radius 3 is 3.00 bits per heavy atom. The molecule has 1 atom stereocenters. The molecule has 1 aliphatic carbocycles. The molecule has 0 saturated carbocycles. The highest BCUT2D eigenvalue weighted by atomic mass is 16.5. The first kappa shape index (κ1) is 8.01. The Balaban J connectivity index is 2.63. The molecule has 60 valence electrons. The number of esters is 1. The summed E-state index contributed by atoms with van der Waals surface area (Å²) in [5.74, 6) is -0.354. The molecule has 0 aromatic carbocycles. The lowest BCUT2D eigenvalue weighted by Crippen LogP contribution is -2.10. The Labute approximate surface area is 65.0 Å². The van der Waals surface area contributed by atoms with Crippen LogP contribution in [-0.4, -0.2) is 24.3 Å². The average molecular weight is 154 g/mol. The molecule has 0 aromatic heterocycles. The number of hydrogen-bond donors (Lipinski definition) is 1. The SMILES string of the molecule is COC(=O)C1=CCC(O)C=C1. The smallest absolute Gasteiger partial charge is 0.337 e. The molecule has 0 bridgehead atoms. The van der Waals surface area contributed by atoms with E-state index in [0.29, 0.717) is 12.0 Å². The van der Waals surface area contributed by atoms with Crippen molar-refractivity contribution in [2.24, 2.45) is 0 Å². The van der Waals surface area contributed by atoms with Crippen LogP contribution in [0.3, 0.4) is 0 Å². The van der Waals surface area contributed by atoms with Gasteiger partial charge in [0.2, 0.25) is 0 Å². The summed E-state index contributed by atoms with van der Waals surface area (Å²) < 4.78 is 4.48. The molecule has 0 radical (unpaired) electrons. The molecule has 3 heteroatoms. The molecular formula is C8H10O3. The van der Waals surface area contributed by atoms with Crippen molar-refractivity contribution in [3.05, 3.63) is 23.8 Å². The van der Waals surface area contributed by atoms with Gasteiger partial charge in [0.15, 0.2) is 0 Å². The Morgan fingerprint density at radius 1 is 1.82 bits per heavy atom. The lowest BCUT2D eigenvalue weighted by molar-refractivity contribution is -0.135. The fourth-order valence-corrected chi connectivity index (χ4v) is 0.878. The molecule has 0 aromatic rings. The van der Waals surface area contributed by atoms with Gasteiger partial charge in [0.25, 0.3) is 0 Å². The van der Waals surface area contributed by atoms with Gasteiger partial charge in [-0.25, -0.2) is 4.79 Å². The fraction of sp³-hybridized carbons (Fsp3) is 0.375. The van der Waals surface area contributed by atoms with Crippen molar-refractivity contribution < 1.29 is 14.6 Å². The van der Waals surface area contributed by atoms with Gasteiger partial charge in [-0.15, -0.1) is 0 Å². The standard InChI is InChI=1S/C8H10O3/c1-11-8(10)6-2-4-7(9)5-3-6/h2-4,7,9H,5H2,1H3. The number of rotatable bonds is 1. The molecule has 1 aliphatic rings. The van der Waals surface area contributed by atoms with Crippen molar-refractivity contribution in [1.29, 1.82) is 0 Å². The Kier molecular flexibility index (Phi) is 2.44. The van der Waals surface area contributed by atoms with E-state index in [9.17, 15) is 4.79 Å². The molecule has 1 rings (SSSR count). The number of carbonyl (C=O) groups excluding carboxylic acids is 1. The fourth-order valence-electron chi connectivity index (χ4n) is 0.878.